The molecule has 2 aromatic rings. The lowest BCUT2D eigenvalue weighted by Crippen LogP contribution is -3.00. The van der Waals surface area contributed by atoms with Gasteiger partial charge in [-0.05, 0) is 34.5 Å². The minimum Gasteiger partial charge on any atom is -1.00 e. The highest BCUT2D eigenvalue weighted by molar-refractivity contribution is 9.10. The van der Waals surface area contributed by atoms with Crippen LogP contribution >= 0.6 is 15.9 Å². The van der Waals surface area contributed by atoms with Crippen molar-refractivity contribution in [1.82, 2.24) is 4.68 Å². The molecule has 17 heavy (non-hydrogen) atoms. The molecule has 2 rings (SSSR count). The van der Waals surface area contributed by atoms with Crippen molar-refractivity contribution in [2.45, 2.75) is 13.3 Å². The van der Waals surface area contributed by atoms with E-state index in [9.17, 15) is 0 Å². The second-order valence-corrected chi connectivity index (χ2v) is 4.67. The van der Waals surface area contributed by atoms with Gasteiger partial charge in [-0.25, -0.2) is 0 Å². The lowest BCUT2D eigenvalue weighted by Gasteiger charge is -1.96. The standard InChI is InChI=1S/C13H16BrN2.HI/c1-4-11-12(14)13(16(3)15(11)2)10-8-6-5-7-9-10;/h5-9H,4H2,1-3H3;1H/q+1;/p-1. The van der Waals surface area contributed by atoms with Gasteiger partial charge in [0.05, 0.1) is 12.7 Å². The lowest BCUT2D eigenvalue weighted by atomic mass is 10.1. The van der Waals surface area contributed by atoms with Gasteiger partial charge in [0.25, 0.3) is 5.69 Å². The van der Waals surface area contributed by atoms with Crippen LogP contribution in [0.4, 0.5) is 0 Å². The lowest BCUT2D eigenvalue weighted by molar-refractivity contribution is -0.742. The molecule has 0 aliphatic carbocycles. The van der Waals surface area contributed by atoms with Crippen LogP contribution in [0.3, 0.4) is 0 Å². The number of hydrogen-bond donors (Lipinski definition) is 0. The maximum absolute atomic E-state index is 3.71. The van der Waals surface area contributed by atoms with Gasteiger partial charge in [-0.15, -0.1) is 4.68 Å². The summed E-state index contributed by atoms with van der Waals surface area (Å²) in [4.78, 5) is 0. The van der Waals surface area contributed by atoms with E-state index in [4.69, 9.17) is 0 Å². The first-order valence-electron chi connectivity index (χ1n) is 5.45. The first kappa shape index (κ1) is 14.7. The molecule has 1 aromatic heterocycles. The van der Waals surface area contributed by atoms with Gasteiger partial charge in [0.2, 0.25) is 0 Å². The first-order chi connectivity index (χ1) is 7.66. The molecule has 1 aromatic carbocycles. The highest BCUT2D eigenvalue weighted by Gasteiger charge is 2.24. The molecule has 1 heterocycles. The van der Waals surface area contributed by atoms with Crippen LogP contribution in [0.25, 0.3) is 11.3 Å². The predicted molar refractivity (Wildman–Crippen MR) is 69.1 cm³/mol. The van der Waals surface area contributed by atoms with Crippen molar-refractivity contribution in [3.63, 3.8) is 0 Å². The number of benzene rings is 1. The van der Waals surface area contributed by atoms with Crippen molar-refractivity contribution >= 4 is 15.9 Å². The monoisotopic (exact) mass is 406 g/mol. The highest BCUT2D eigenvalue weighted by atomic mass is 127. The Balaban J connectivity index is 0.00000144. The molecular formula is C13H16BrIN2. The molecule has 0 amide bonds. The fraction of sp³-hybridized carbons (Fsp3) is 0.308. The molecule has 0 spiro atoms. The average Bonchev–Trinajstić information content (AvgIpc) is 2.51. The normalized spacial score (nSPS) is 10.1. The summed E-state index contributed by atoms with van der Waals surface area (Å²) in [7, 11) is 4.18. The maximum Gasteiger partial charge on any atom is 0.252 e. The van der Waals surface area contributed by atoms with E-state index >= 15 is 0 Å². The number of halogens is 2. The fourth-order valence-electron chi connectivity index (χ4n) is 2.05. The SMILES string of the molecule is CCc1c(Br)c(-c2ccccc2)[n+](C)n1C.[I-]. The summed E-state index contributed by atoms with van der Waals surface area (Å²) in [5.74, 6) is 0. The van der Waals surface area contributed by atoms with Gasteiger partial charge in [0.15, 0.2) is 7.05 Å². The molecule has 2 nitrogen and oxygen atoms in total. The average molecular weight is 407 g/mol. The Hall–Kier alpha value is -0.360. The molecule has 0 unspecified atom stereocenters. The van der Waals surface area contributed by atoms with E-state index in [1.807, 2.05) is 6.07 Å². The van der Waals surface area contributed by atoms with Gasteiger partial charge >= 0.3 is 0 Å². The first-order valence-corrected chi connectivity index (χ1v) is 6.24. The van der Waals surface area contributed by atoms with Gasteiger partial charge in [-0.2, -0.15) is 4.68 Å². The number of hydrogen-bond acceptors (Lipinski definition) is 0. The minimum atomic E-state index is 0. The van der Waals surface area contributed by atoms with Gasteiger partial charge in [-0.1, -0.05) is 25.1 Å². The summed E-state index contributed by atoms with van der Waals surface area (Å²) >= 11 is 3.71. The molecule has 0 aliphatic heterocycles. The Morgan fingerprint density at radius 2 is 1.82 bits per heavy atom. The van der Waals surface area contributed by atoms with Gasteiger partial charge in [0, 0.05) is 5.56 Å². The molecule has 0 saturated heterocycles. The fourth-order valence-corrected chi connectivity index (χ4v) is 3.07. The van der Waals surface area contributed by atoms with Gasteiger partial charge < -0.3 is 24.0 Å². The van der Waals surface area contributed by atoms with Gasteiger partial charge in [0.1, 0.15) is 4.47 Å². The Morgan fingerprint density at radius 1 is 1.24 bits per heavy atom. The Bertz CT molecular complexity index is 506. The van der Waals surface area contributed by atoms with Crippen LogP contribution in [0.5, 0.6) is 0 Å². The summed E-state index contributed by atoms with van der Waals surface area (Å²) in [5, 5.41) is 0. The van der Waals surface area contributed by atoms with Crippen molar-refractivity contribution in [3.05, 3.63) is 40.5 Å². The van der Waals surface area contributed by atoms with E-state index in [-0.39, 0.29) is 24.0 Å². The van der Waals surface area contributed by atoms with Crippen LogP contribution in [-0.4, -0.2) is 4.68 Å². The Morgan fingerprint density at radius 3 is 2.29 bits per heavy atom. The molecule has 4 heteroatoms. The summed E-state index contributed by atoms with van der Waals surface area (Å²) in [6, 6.07) is 10.5. The second kappa shape index (κ2) is 6.00. The molecule has 0 saturated carbocycles. The summed E-state index contributed by atoms with van der Waals surface area (Å²) in [5.41, 5.74) is 3.80. The van der Waals surface area contributed by atoms with Crippen molar-refractivity contribution < 1.29 is 28.7 Å². The molecule has 0 aliphatic rings. The van der Waals surface area contributed by atoms with Gasteiger partial charge in [-0.3, -0.25) is 0 Å². The molecule has 0 bridgehead atoms. The van der Waals surface area contributed by atoms with E-state index in [2.05, 4.69) is 70.6 Å². The van der Waals surface area contributed by atoms with Crippen LogP contribution < -0.4 is 28.7 Å². The molecule has 0 atom stereocenters. The minimum absolute atomic E-state index is 0. The third-order valence-electron chi connectivity index (χ3n) is 3.01. The topological polar surface area (TPSA) is 8.81 Å². The van der Waals surface area contributed by atoms with E-state index in [1.54, 1.807) is 0 Å². The number of aromatic nitrogens is 2. The van der Waals surface area contributed by atoms with Crippen molar-refractivity contribution in [2.24, 2.45) is 14.1 Å². The third kappa shape index (κ3) is 2.57. The molecular weight excluding hydrogens is 391 g/mol. The second-order valence-electron chi connectivity index (χ2n) is 3.88. The van der Waals surface area contributed by atoms with E-state index in [1.165, 1.54) is 21.4 Å². The van der Waals surface area contributed by atoms with E-state index in [0.717, 1.165) is 6.42 Å². The predicted octanol–water partition coefficient (Wildman–Crippen LogP) is -0.154. The molecule has 92 valence electrons. The van der Waals surface area contributed by atoms with Crippen molar-refractivity contribution in [2.75, 3.05) is 0 Å². The molecule has 0 N–H and O–H groups in total. The summed E-state index contributed by atoms with van der Waals surface area (Å²) < 4.78 is 5.57. The quantitative estimate of drug-likeness (QED) is 0.484. The zero-order valence-corrected chi connectivity index (χ0v) is 14.0. The van der Waals surface area contributed by atoms with Crippen molar-refractivity contribution in [1.29, 1.82) is 0 Å². The number of rotatable bonds is 2. The Kier molecular flexibility index (Phi) is 5.19. The largest absolute Gasteiger partial charge is 1.00 e. The molecule has 0 fully saturated rings. The zero-order valence-electron chi connectivity index (χ0n) is 10.2. The van der Waals surface area contributed by atoms with Crippen LogP contribution in [0.1, 0.15) is 12.6 Å². The van der Waals surface area contributed by atoms with E-state index in [0.29, 0.717) is 0 Å². The van der Waals surface area contributed by atoms with Crippen LogP contribution in [0.2, 0.25) is 0 Å². The van der Waals surface area contributed by atoms with E-state index < -0.39 is 0 Å². The van der Waals surface area contributed by atoms with Crippen molar-refractivity contribution in [3.8, 4) is 11.3 Å². The highest BCUT2D eigenvalue weighted by Crippen LogP contribution is 2.28. The summed E-state index contributed by atoms with van der Waals surface area (Å²) in [6.07, 6.45) is 1.03. The molecule has 0 radical (unpaired) electrons. The summed E-state index contributed by atoms with van der Waals surface area (Å²) in [6.45, 7) is 2.18. The Labute approximate surface area is 128 Å². The number of nitrogens with zero attached hydrogens (tertiary/aromatic N) is 2. The third-order valence-corrected chi connectivity index (χ3v) is 3.84. The maximum atomic E-state index is 3.71. The smallest absolute Gasteiger partial charge is 0.252 e. The van der Waals surface area contributed by atoms with Crippen LogP contribution in [-0.2, 0) is 20.5 Å². The zero-order chi connectivity index (χ0) is 11.7. The van der Waals surface area contributed by atoms with Crippen LogP contribution in [0, 0.1) is 0 Å². The van der Waals surface area contributed by atoms with Crippen LogP contribution in [0.15, 0.2) is 34.8 Å².